The van der Waals surface area contributed by atoms with Crippen molar-refractivity contribution in [3.05, 3.63) is 143 Å². The summed E-state index contributed by atoms with van der Waals surface area (Å²) in [5, 5.41) is 5.50. The average molecular weight is 644 g/mol. The van der Waals surface area contributed by atoms with Crippen molar-refractivity contribution in [3.8, 4) is 0 Å². The molecule has 0 radical (unpaired) electrons. The van der Waals surface area contributed by atoms with E-state index in [2.05, 4.69) is 153 Å². The molecule has 5 aromatic rings. The second-order valence-electron chi connectivity index (χ2n) is 15.2. The number of fused-ring (bicyclic) bond motifs is 7. The number of likely N-dealkylation sites (N-methyl/N-ethyl adjacent to an activating group) is 1. The molecule has 1 fully saturated rings. The molecule has 8 rings (SSSR count). The van der Waals surface area contributed by atoms with E-state index in [1.807, 2.05) is 0 Å². The number of allylic oxidation sites excluding steroid dienone is 4. The molecule has 3 aliphatic rings. The van der Waals surface area contributed by atoms with Crippen molar-refractivity contribution < 1.29 is 4.58 Å². The maximum absolute atomic E-state index is 2.73. The number of hydrogen-bond donors (Lipinski definition) is 0. The minimum absolute atomic E-state index is 0.0710. The van der Waals surface area contributed by atoms with Crippen LogP contribution in [0, 0.1) is 6.92 Å². The van der Waals surface area contributed by atoms with Gasteiger partial charge in [0.1, 0.15) is 6.54 Å². The SMILES string of the molecule is CCCCC[N+]1=C(C=CC=C2N(C)c3ccc4ccccc4c3C2(C)Cc2ccc(C)cc2)C2(CCCCC2)c2c1ccc1ccccc21. The van der Waals surface area contributed by atoms with Gasteiger partial charge >= 0.3 is 0 Å². The Kier molecular flexibility index (Phi) is 8.30. The van der Waals surface area contributed by atoms with Gasteiger partial charge in [0, 0.05) is 48.0 Å². The normalized spacial score (nSPS) is 20.7. The molecule has 2 aliphatic heterocycles. The van der Waals surface area contributed by atoms with E-state index in [9.17, 15) is 0 Å². The molecule has 1 saturated carbocycles. The van der Waals surface area contributed by atoms with Crippen LogP contribution in [-0.2, 0) is 17.3 Å². The monoisotopic (exact) mass is 643 g/mol. The van der Waals surface area contributed by atoms with E-state index in [-0.39, 0.29) is 10.8 Å². The van der Waals surface area contributed by atoms with Gasteiger partial charge in [0.15, 0.2) is 5.71 Å². The van der Waals surface area contributed by atoms with Crippen LogP contribution in [0.4, 0.5) is 11.4 Å². The summed E-state index contributed by atoms with van der Waals surface area (Å²) in [6.45, 7) is 8.06. The van der Waals surface area contributed by atoms with Gasteiger partial charge in [0.05, 0.1) is 5.41 Å². The molecule has 0 aromatic heterocycles. The van der Waals surface area contributed by atoms with Crippen LogP contribution in [0.2, 0.25) is 0 Å². The Morgan fingerprint density at radius 2 is 1.43 bits per heavy atom. The van der Waals surface area contributed by atoms with Gasteiger partial charge in [-0.3, -0.25) is 0 Å². The van der Waals surface area contributed by atoms with Crippen LogP contribution < -0.4 is 4.90 Å². The third-order valence-electron chi connectivity index (χ3n) is 12.1. The summed E-state index contributed by atoms with van der Waals surface area (Å²) in [5.74, 6) is 0. The van der Waals surface area contributed by atoms with Crippen LogP contribution in [0.3, 0.4) is 0 Å². The van der Waals surface area contributed by atoms with Crippen molar-refractivity contribution in [1.29, 1.82) is 0 Å². The van der Waals surface area contributed by atoms with E-state index in [1.54, 1.807) is 5.56 Å². The first-order valence-electron chi connectivity index (χ1n) is 18.8. The summed E-state index contributed by atoms with van der Waals surface area (Å²) in [4.78, 5) is 2.47. The highest BCUT2D eigenvalue weighted by atomic mass is 15.2. The van der Waals surface area contributed by atoms with Crippen molar-refractivity contribution in [3.63, 3.8) is 0 Å². The first kappa shape index (κ1) is 31.8. The zero-order chi connectivity index (χ0) is 33.6. The molecule has 1 spiro atoms. The highest BCUT2D eigenvalue weighted by Crippen LogP contribution is 2.53. The molecule has 0 amide bonds. The van der Waals surface area contributed by atoms with Crippen molar-refractivity contribution in [2.24, 2.45) is 0 Å². The molecule has 2 heteroatoms. The molecule has 49 heavy (non-hydrogen) atoms. The minimum Gasteiger partial charge on any atom is -0.347 e. The van der Waals surface area contributed by atoms with E-state index in [4.69, 9.17) is 0 Å². The molecule has 1 unspecified atom stereocenters. The Bertz CT molecular complexity index is 2120. The number of aryl methyl sites for hydroxylation is 1. The Morgan fingerprint density at radius 3 is 2.14 bits per heavy atom. The lowest BCUT2D eigenvalue weighted by atomic mass is 9.66. The molecular weight excluding hydrogens is 593 g/mol. The summed E-state index contributed by atoms with van der Waals surface area (Å²) < 4.78 is 2.73. The topological polar surface area (TPSA) is 6.25 Å². The summed E-state index contributed by atoms with van der Waals surface area (Å²) in [6.07, 6.45) is 18.5. The standard InChI is InChI=1S/C47H51N2/c1-5-6-14-32-49-41-29-27-37-17-9-11-19-39(37)45(41)47(30-12-7-13-31-47)43(49)21-15-20-42-46(3,33-35-24-22-34(2)23-25-35)44-38-18-10-8-16-36(38)26-28-40(44)48(42)4/h8-11,15-29H,5-7,12-14,30-33H2,1-4H3/q+1. The van der Waals surface area contributed by atoms with E-state index < -0.39 is 0 Å². The molecule has 1 atom stereocenters. The zero-order valence-corrected chi connectivity index (χ0v) is 29.9. The van der Waals surface area contributed by atoms with Crippen molar-refractivity contribution in [2.45, 2.75) is 89.4 Å². The van der Waals surface area contributed by atoms with Gasteiger partial charge in [-0.2, -0.15) is 4.58 Å². The van der Waals surface area contributed by atoms with E-state index >= 15 is 0 Å². The predicted octanol–water partition coefficient (Wildman–Crippen LogP) is 11.9. The average Bonchev–Trinajstić information content (AvgIpc) is 3.50. The fourth-order valence-corrected chi connectivity index (χ4v) is 9.74. The number of unbranched alkanes of at least 4 members (excludes halogenated alkanes) is 2. The third-order valence-corrected chi connectivity index (χ3v) is 12.1. The number of nitrogens with zero attached hydrogens (tertiary/aromatic N) is 2. The summed E-state index contributed by atoms with van der Waals surface area (Å²) >= 11 is 0. The molecule has 0 saturated heterocycles. The van der Waals surface area contributed by atoms with Gasteiger partial charge in [-0.05, 0) is 90.4 Å². The lowest BCUT2D eigenvalue weighted by Gasteiger charge is -2.32. The Balaban J connectivity index is 1.28. The fourth-order valence-electron chi connectivity index (χ4n) is 9.74. The second-order valence-corrected chi connectivity index (χ2v) is 15.2. The van der Waals surface area contributed by atoms with Crippen molar-refractivity contribution in [1.82, 2.24) is 0 Å². The van der Waals surface area contributed by atoms with Crippen LogP contribution in [0.15, 0.2) is 121 Å². The number of benzene rings is 5. The van der Waals surface area contributed by atoms with Crippen molar-refractivity contribution >= 4 is 38.6 Å². The molecule has 2 heterocycles. The zero-order valence-electron chi connectivity index (χ0n) is 29.9. The highest BCUT2D eigenvalue weighted by Gasteiger charge is 2.52. The maximum atomic E-state index is 2.73. The largest absolute Gasteiger partial charge is 0.347 e. The molecule has 2 nitrogen and oxygen atoms in total. The van der Waals surface area contributed by atoms with Gasteiger partial charge < -0.3 is 4.90 Å². The predicted molar refractivity (Wildman–Crippen MR) is 210 cm³/mol. The quantitative estimate of drug-likeness (QED) is 0.120. The van der Waals surface area contributed by atoms with E-state index in [1.165, 1.54) is 112 Å². The first-order chi connectivity index (χ1) is 23.9. The Labute approximate surface area is 293 Å². The third kappa shape index (κ3) is 5.27. The lowest BCUT2D eigenvalue weighted by Crippen LogP contribution is -2.36. The van der Waals surface area contributed by atoms with Crippen LogP contribution in [0.5, 0.6) is 0 Å². The molecule has 0 N–H and O–H groups in total. The molecule has 0 bridgehead atoms. The fraction of sp³-hybridized carbons (Fsp3) is 0.340. The van der Waals surface area contributed by atoms with Crippen LogP contribution in [-0.4, -0.2) is 23.9 Å². The smallest absolute Gasteiger partial charge is 0.210 e. The van der Waals surface area contributed by atoms with Gasteiger partial charge in [0.25, 0.3) is 0 Å². The first-order valence-corrected chi connectivity index (χ1v) is 18.8. The van der Waals surface area contributed by atoms with Crippen LogP contribution >= 0.6 is 0 Å². The van der Waals surface area contributed by atoms with Gasteiger partial charge in [-0.25, -0.2) is 0 Å². The van der Waals surface area contributed by atoms with E-state index in [0.717, 1.165) is 13.0 Å². The van der Waals surface area contributed by atoms with Gasteiger partial charge in [0.2, 0.25) is 5.69 Å². The molecule has 5 aromatic carbocycles. The van der Waals surface area contributed by atoms with Crippen LogP contribution in [0.1, 0.15) is 87.5 Å². The lowest BCUT2D eigenvalue weighted by molar-refractivity contribution is -0.438. The summed E-state index contributed by atoms with van der Waals surface area (Å²) in [5.41, 5.74) is 11.3. The van der Waals surface area contributed by atoms with Gasteiger partial charge in [-0.1, -0.05) is 123 Å². The molecule has 248 valence electrons. The second kappa shape index (κ2) is 12.8. The van der Waals surface area contributed by atoms with Gasteiger partial charge in [-0.15, -0.1) is 0 Å². The summed E-state index contributed by atoms with van der Waals surface area (Å²) in [7, 11) is 2.28. The van der Waals surface area contributed by atoms with E-state index in [0.29, 0.717) is 0 Å². The van der Waals surface area contributed by atoms with Crippen molar-refractivity contribution in [2.75, 3.05) is 18.5 Å². The minimum atomic E-state index is -0.173. The van der Waals surface area contributed by atoms with Crippen LogP contribution in [0.25, 0.3) is 21.5 Å². The number of anilines is 1. The Hall–Kier alpha value is -4.43. The summed E-state index contributed by atoms with van der Waals surface area (Å²) in [6, 6.07) is 36.7. The molecule has 1 aliphatic carbocycles. The number of rotatable bonds is 8. The number of hydrogen-bond acceptors (Lipinski definition) is 1. The highest BCUT2D eigenvalue weighted by molar-refractivity contribution is 6.08. The Morgan fingerprint density at radius 1 is 0.755 bits per heavy atom. The molecular formula is C47H51N2+. The maximum Gasteiger partial charge on any atom is 0.210 e.